The van der Waals surface area contributed by atoms with Crippen molar-refractivity contribution in [3.05, 3.63) is 73.8 Å². The van der Waals surface area contributed by atoms with Crippen molar-refractivity contribution in [2.24, 2.45) is 0 Å². The number of rotatable bonds is 5. The van der Waals surface area contributed by atoms with Crippen molar-refractivity contribution >= 4 is 67.0 Å². The summed E-state index contributed by atoms with van der Waals surface area (Å²) in [6.45, 7) is 3.69. The van der Waals surface area contributed by atoms with Gasteiger partial charge in [-0.1, -0.05) is 60.5 Å². The van der Waals surface area contributed by atoms with Gasteiger partial charge in [0, 0.05) is 16.6 Å². The van der Waals surface area contributed by atoms with Gasteiger partial charge in [0.1, 0.15) is 12.4 Å². The first-order valence-electron chi connectivity index (χ1n) is 9.82. The summed E-state index contributed by atoms with van der Waals surface area (Å²) in [6, 6.07) is 13.4. The molecule has 4 aromatic rings. The Bertz CT molecular complexity index is 1370. The zero-order valence-corrected chi connectivity index (χ0v) is 20.3. The van der Waals surface area contributed by atoms with E-state index in [0.717, 1.165) is 26.5 Å². The molecular weight excluding hydrogens is 517 g/mol. The van der Waals surface area contributed by atoms with Gasteiger partial charge < -0.3 is 14.6 Å². The lowest BCUT2D eigenvalue weighted by Gasteiger charge is -2.18. The number of nitrogens with zero attached hydrogens (tertiary/aromatic N) is 1. The number of aryl methyl sites for hydroxylation is 1. The maximum absolute atomic E-state index is 11.0. The highest BCUT2D eigenvalue weighted by Crippen LogP contribution is 2.45. The molecule has 164 valence electrons. The molecule has 0 atom stereocenters. The second-order valence-electron chi connectivity index (χ2n) is 7.17. The number of aromatic nitrogens is 1. The average molecular weight is 535 g/mol. The van der Waals surface area contributed by atoms with E-state index in [0.29, 0.717) is 33.7 Å². The molecule has 8 heteroatoms. The standard InChI is InChI=1S/C24H18BrCl2NO4/c1-3-17-12(2)15(11-31-24(29)30)20-18(28-17)10-16(26)23(22(20)27)32-19-9-8-13-6-4-5-7-14(13)21(19)25/h4-10H,3,11H2,1-2H3,(H,29,30). The fourth-order valence-corrected chi connectivity index (χ4v) is 4.92. The molecule has 32 heavy (non-hydrogen) atoms. The van der Waals surface area contributed by atoms with Crippen LogP contribution < -0.4 is 4.74 Å². The molecule has 1 aromatic heterocycles. The Kier molecular flexibility index (Phi) is 6.47. The summed E-state index contributed by atoms with van der Waals surface area (Å²) in [4.78, 5) is 15.7. The molecule has 0 saturated heterocycles. The minimum atomic E-state index is -1.37. The van der Waals surface area contributed by atoms with Gasteiger partial charge in [-0.05, 0) is 57.7 Å². The van der Waals surface area contributed by atoms with Crippen LogP contribution in [0.3, 0.4) is 0 Å². The normalized spacial score (nSPS) is 11.2. The van der Waals surface area contributed by atoms with Crippen molar-refractivity contribution in [2.45, 2.75) is 26.9 Å². The third-order valence-electron chi connectivity index (χ3n) is 5.31. The Labute approximate surface area is 203 Å². The minimum Gasteiger partial charge on any atom is -0.453 e. The molecule has 5 nitrogen and oxygen atoms in total. The molecule has 0 amide bonds. The first-order valence-corrected chi connectivity index (χ1v) is 11.4. The van der Waals surface area contributed by atoms with Crippen LogP contribution in [0.25, 0.3) is 21.7 Å². The monoisotopic (exact) mass is 533 g/mol. The number of pyridine rings is 1. The van der Waals surface area contributed by atoms with Crippen LogP contribution in [0.15, 0.2) is 46.9 Å². The van der Waals surface area contributed by atoms with E-state index < -0.39 is 6.16 Å². The molecule has 4 rings (SSSR count). The summed E-state index contributed by atoms with van der Waals surface area (Å²) < 4.78 is 11.8. The molecule has 0 spiro atoms. The molecule has 0 saturated carbocycles. The van der Waals surface area contributed by atoms with Crippen LogP contribution >= 0.6 is 39.1 Å². The predicted octanol–water partition coefficient (Wildman–Crippen LogP) is 8.32. The zero-order chi connectivity index (χ0) is 23.0. The number of hydrogen-bond donors (Lipinski definition) is 1. The van der Waals surface area contributed by atoms with Crippen molar-refractivity contribution in [2.75, 3.05) is 0 Å². The number of carboxylic acid groups (broad SMARTS) is 1. The van der Waals surface area contributed by atoms with Crippen molar-refractivity contribution < 1.29 is 19.4 Å². The van der Waals surface area contributed by atoms with E-state index in [4.69, 9.17) is 37.8 Å². The summed E-state index contributed by atoms with van der Waals surface area (Å²) in [5.41, 5.74) is 2.83. The van der Waals surface area contributed by atoms with Crippen LogP contribution in [0, 0.1) is 6.92 Å². The van der Waals surface area contributed by atoms with E-state index in [1.807, 2.05) is 50.2 Å². The molecular formula is C24H18BrCl2NO4. The third-order valence-corrected chi connectivity index (χ3v) is 6.77. The number of ether oxygens (including phenoxy) is 2. The highest BCUT2D eigenvalue weighted by atomic mass is 79.9. The highest BCUT2D eigenvalue weighted by Gasteiger charge is 2.21. The minimum absolute atomic E-state index is 0.159. The van der Waals surface area contributed by atoms with Gasteiger partial charge in [0.2, 0.25) is 0 Å². The van der Waals surface area contributed by atoms with Gasteiger partial charge in [0.15, 0.2) is 5.75 Å². The molecule has 0 aliphatic carbocycles. The van der Waals surface area contributed by atoms with Crippen LogP contribution in [0.4, 0.5) is 4.79 Å². The number of hydrogen-bond acceptors (Lipinski definition) is 4. The van der Waals surface area contributed by atoms with Crippen LogP contribution in [0.2, 0.25) is 10.0 Å². The van der Waals surface area contributed by atoms with E-state index in [1.165, 1.54) is 0 Å². The molecule has 1 heterocycles. The smallest absolute Gasteiger partial charge is 0.453 e. The van der Waals surface area contributed by atoms with Gasteiger partial charge in [0.25, 0.3) is 0 Å². The fraction of sp³-hybridized carbons (Fsp3) is 0.167. The SMILES string of the molecule is CCc1nc2cc(Cl)c(Oc3ccc4ccccc4c3Br)c(Cl)c2c(COC(=O)O)c1C. The molecule has 0 radical (unpaired) electrons. The summed E-state index contributed by atoms with van der Waals surface area (Å²) in [6.07, 6.45) is -0.701. The lowest BCUT2D eigenvalue weighted by Crippen LogP contribution is -2.06. The van der Waals surface area contributed by atoms with E-state index in [2.05, 4.69) is 20.9 Å². The Morgan fingerprint density at radius 2 is 1.94 bits per heavy atom. The molecule has 0 fully saturated rings. The largest absolute Gasteiger partial charge is 0.506 e. The summed E-state index contributed by atoms with van der Waals surface area (Å²) in [5.74, 6) is 0.809. The Morgan fingerprint density at radius 1 is 1.19 bits per heavy atom. The number of halogens is 3. The molecule has 0 aliphatic rings. The van der Waals surface area contributed by atoms with E-state index in [-0.39, 0.29) is 17.4 Å². The third kappa shape index (κ3) is 4.10. The lowest BCUT2D eigenvalue weighted by molar-refractivity contribution is 0.0855. The van der Waals surface area contributed by atoms with Crippen LogP contribution in [0.1, 0.15) is 23.7 Å². The fourth-order valence-electron chi connectivity index (χ4n) is 3.71. The molecule has 0 aliphatic heterocycles. The zero-order valence-electron chi connectivity index (χ0n) is 17.2. The van der Waals surface area contributed by atoms with E-state index >= 15 is 0 Å². The summed E-state index contributed by atoms with van der Waals surface area (Å²) in [7, 11) is 0. The lowest BCUT2D eigenvalue weighted by atomic mass is 10.0. The Balaban J connectivity index is 1.90. The first-order chi connectivity index (χ1) is 15.3. The van der Waals surface area contributed by atoms with Gasteiger partial charge in [-0.15, -0.1) is 0 Å². The highest BCUT2D eigenvalue weighted by molar-refractivity contribution is 9.10. The number of benzene rings is 3. The molecule has 3 aromatic carbocycles. The summed E-state index contributed by atoms with van der Waals surface area (Å²) in [5, 5.41) is 12.2. The number of carbonyl (C=O) groups is 1. The van der Waals surface area contributed by atoms with Crippen LogP contribution in [0.5, 0.6) is 11.5 Å². The van der Waals surface area contributed by atoms with Crippen molar-refractivity contribution in [3.8, 4) is 11.5 Å². The van der Waals surface area contributed by atoms with Crippen LogP contribution in [-0.4, -0.2) is 16.2 Å². The van der Waals surface area contributed by atoms with Crippen molar-refractivity contribution in [1.82, 2.24) is 4.98 Å². The molecule has 1 N–H and O–H groups in total. The van der Waals surface area contributed by atoms with Crippen molar-refractivity contribution in [3.63, 3.8) is 0 Å². The van der Waals surface area contributed by atoms with Gasteiger partial charge >= 0.3 is 6.16 Å². The molecule has 0 unspecified atom stereocenters. The van der Waals surface area contributed by atoms with E-state index in [1.54, 1.807) is 6.07 Å². The average Bonchev–Trinajstić information content (AvgIpc) is 2.77. The molecule has 0 bridgehead atoms. The topological polar surface area (TPSA) is 68.7 Å². The second kappa shape index (κ2) is 9.14. The van der Waals surface area contributed by atoms with Gasteiger partial charge in [-0.25, -0.2) is 4.79 Å². The first kappa shape index (κ1) is 22.6. The van der Waals surface area contributed by atoms with Gasteiger partial charge in [-0.3, -0.25) is 4.98 Å². The second-order valence-corrected chi connectivity index (χ2v) is 8.74. The Hall–Kier alpha value is -2.54. The quantitative estimate of drug-likeness (QED) is 0.261. The van der Waals surface area contributed by atoms with Gasteiger partial charge in [0.05, 0.1) is 20.0 Å². The Morgan fingerprint density at radius 3 is 2.66 bits per heavy atom. The van der Waals surface area contributed by atoms with Crippen LogP contribution in [-0.2, 0) is 17.8 Å². The van der Waals surface area contributed by atoms with Gasteiger partial charge in [-0.2, -0.15) is 0 Å². The maximum atomic E-state index is 11.0. The number of fused-ring (bicyclic) bond motifs is 2. The van der Waals surface area contributed by atoms with E-state index in [9.17, 15) is 4.79 Å². The predicted molar refractivity (Wildman–Crippen MR) is 130 cm³/mol. The van der Waals surface area contributed by atoms with Crippen molar-refractivity contribution in [1.29, 1.82) is 0 Å². The summed E-state index contributed by atoms with van der Waals surface area (Å²) >= 11 is 17.0. The maximum Gasteiger partial charge on any atom is 0.506 e.